The summed E-state index contributed by atoms with van der Waals surface area (Å²) in [4.78, 5) is 34.9. The summed E-state index contributed by atoms with van der Waals surface area (Å²) in [6.45, 7) is 2.09. The number of amides is 1. The molecule has 0 unspecified atom stereocenters. The zero-order valence-corrected chi connectivity index (χ0v) is 12.6. The molecule has 2 heterocycles. The second kappa shape index (κ2) is 6.43. The largest absolute Gasteiger partial charge is 0.446 e. The second-order valence-electron chi connectivity index (χ2n) is 5.17. The molecule has 0 saturated carbocycles. The Labute approximate surface area is 131 Å². The van der Waals surface area contributed by atoms with Crippen molar-refractivity contribution in [2.45, 2.75) is 26.3 Å². The van der Waals surface area contributed by atoms with Crippen LogP contribution in [0.25, 0.3) is 11.0 Å². The number of benzene rings is 1. The van der Waals surface area contributed by atoms with Gasteiger partial charge in [0, 0.05) is 12.8 Å². The van der Waals surface area contributed by atoms with Crippen LogP contribution in [0.3, 0.4) is 0 Å². The number of nitrogens with one attached hydrogen (secondary N) is 2. The van der Waals surface area contributed by atoms with Gasteiger partial charge in [0.1, 0.15) is 11.5 Å². The van der Waals surface area contributed by atoms with Crippen molar-refractivity contribution in [3.8, 4) is 0 Å². The van der Waals surface area contributed by atoms with E-state index in [1.165, 1.54) is 6.39 Å². The Balaban J connectivity index is 1.61. The number of hydrogen-bond donors (Lipinski definition) is 2. The Morgan fingerprint density at radius 1 is 1.35 bits per heavy atom. The second-order valence-corrected chi connectivity index (χ2v) is 5.17. The Morgan fingerprint density at radius 3 is 2.96 bits per heavy atom. The smallest absolute Gasteiger partial charge is 0.270 e. The van der Waals surface area contributed by atoms with Gasteiger partial charge in [-0.2, -0.15) is 0 Å². The van der Waals surface area contributed by atoms with Crippen molar-refractivity contribution in [1.29, 1.82) is 0 Å². The number of H-pyrrole nitrogens is 1. The molecule has 1 amide bonds. The van der Waals surface area contributed by atoms with Crippen LogP contribution in [-0.4, -0.2) is 20.9 Å². The number of aromatic amines is 1. The Morgan fingerprint density at radius 2 is 2.17 bits per heavy atom. The predicted molar refractivity (Wildman–Crippen MR) is 83.8 cm³/mol. The van der Waals surface area contributed by atoms with Gasteiger partial charge in [0.05, 0.1) is 23.3 Å². The van der Waals surface area contributed by atoms with E-state index in [2.05, 4.69) is 20.3 Å². The standard InChI is InChI=1S/C16H16N4O3/c1-10-14(23-9-18-10)8-17-15(21)7-6-13-16(22)20-12-5-3-2-4-11(12)19-13/h2-5,9H,6-8H2,1H3,(H,17,21)(H,20,22). The van der Waals surface area contributed by atoms with Crippen LogP contribution in [0, 0.1) is 6.92 Å². The molecule has 0 radical (unpaired) electrons. The van der Waals surface area contributed by atoms with E-state index in [1.54, 1.807) is 6.07 Å². The summed E-state index contributed by atoms with van der Waals surface area (Å²) in [6, 6.07) is 7.30. The van der Waals surface area contributed by atoms with E-state index in [9.17, 15) is 9.59 Å². The lowest BCUT2D eigenvalue weighted by atomic mass is 10.2. The summed E-state index contributed by atoms with van der Waals surface area (Å²) in [5.74, 6) is 0.454. The highest BCUT2D eigenvalue weighted by Crippen LogP contribution is 2.07. The monoisotopic (exact) mass is 312 g/mol. The third kappa shape index (κ3) is 3.45. The fourth-order valence-corrected chi connectivity index (χ4v) is 2.23. The zero-order chi connectivity index (χ0) is 16.2. The Hall–Kier alpha value is -2.96. The van der Waals surface area contributed by atoms with E-state index in [0.29, 0.717) is 22.5 Å². The van der Waals surface area contributed by atoms with Crippen LogP contribution in [0.15, 0.2) is 39.9 Å². The van der Waals surface area contributed by atoms with Gasteiger partial charge >= 0.3 is 0 Å². The van der Waals surface area contributed by atoms with Gasteiger partial charge in [-0.05, 0) is 19.1 Å². The molecule has 0 fully saturated rings. The van der Waals surface area contributed by atoms with Crippen LogP contribution in [-0.2, 0) is 17.8 Å². The zero-order valence-electron chi connectivity index (χ0n) is 12.6. The van der Waals surface area contributed by atoms with Crippen molar-refractivity contribution >= 4 is 16.9 Å². The molecule has 0 aliphatic rings. The minimum Gasteiger partial charge on any atom is -0.446 e. The highest BCUT2D eigenvalue weighted by atomic mass is 16.3. The maximum Gasteiger partial charge on any atom is 0.270 e. The van der Waals surface area contributed by atoms with E-state index in [1.807, 2.05) is 25.1 Å². The van der Waals surface area contributed by atoms with Gasteiger partial charge in [0.25, 0.3) is 5.56 Å². The maximum atomic E-state index is 12.0. The fraction of sp³-hybridized carbons (Fsp3) is 0.250. The van der Waals surface area contributed by atoms with Crippen molar-refractivity contribution in [3.63, 3.8) is 0 Å². The van der Waals surface area contributed by atoms with E-state index < -0.39 is 0 Å². The summed E-state index contributed by atoms with van der Waals surface area (Å²) in [6.07, 6.45) is 1.80. The maximum absolute atomic E-state index is 12.0. The average Bonchev–Trinajstić information content (AvgIpc) is 2.96. The SMILES string of the molecule is Cc1ncoc1CNC(=O)CCc1nc2ccccc2[nH]c1=O. The molecular weight excluding hydrogens is 296 g/mol. The minimum absolute atomic E-state index is 0.171. The number of para-hydroxylation sites is 2. The number of oxazole rings is 1. The van der Waals surface area contributed by atoms with E-state index in [0.717, 1.165) is 5.69 Å². The quantitative estimate of drug-likeness (QED) is 0.743. The number of nitrogens with zero attached hydrogens (tertiary/aromatic N) is 2. The lowest BCUT2D eigenvalue weighted by Crippen LogP contribution is -2.25. The first-order valence-corrected chi connectivity index (χ1v) is 7.27. The van der Waals surface area contributed by atoms with Gasteiger partial charge in [-0.25, -0.2) is 9.97 Å². The highest BCUT2D eigenvalue weighted by molar-refractivity contribution is 5.76. The van der Waals surface area contributed by atoms with Crippen molar-refractivity contribution < 1.29 is 9.21 Å². The van der Waals surface area contributed by atoms with Crippen molar-refractivity contribution in [2.75, 3.05) is 0 Å². The molecule has 7 nitrogen and oxygen atoms in total. The van der Waals surface area contributed by atoms with Gasteiger partial charge in [0.2, 0.25) is 5.91 Å². The molecule has 3 rings (SSSR count). The molecule has 3 aromatic rings. The fourth-order valence-electron chi connectivity index (χ4n) is 2.23. The van der Waals surface area contributed by atoms with Crippen LogP contribution in [0.4, 0.5) is 0 Å². The molecule has 7 heteroatoms. The molecular formula is C16H16N4O3. The van der Waals surface area contributed by atoms with Crippen molar-refractivity contribution in [1.82, 2.24) is 20.3 Å². The molecule has 0 saturated heterocycles. The first kappa shape index (κ1) is 15.0. The summed E-state index contributed by atoms with van der Waals surface area (Å²) < 4.78 is 5.15. The van der Waals surface area contributed by atoms with Gasteiger partial charge in [-0.1, -0.05) is 12.1 Å². The summed E-state index contributed by atoms with van der Waals surface area (Å²) in [5, 5.41) is 2.74. The number of aryl methyl sites for hydroxylation is 2. The molecule has 0 aliphatic heterocycles. The topological polar surface area (TPSA) is 101 Å². The van der Waals surface area contributed by atoms with E-state index in [-0.39, 0.29) is 30.9 Å². The third-order valence-electron chi connectivity index (χ3n) is 3.55. The molecule has 1 aromatic carbocycles. The van der Waals surface area contributed by atoms with Gasteiger partial charge in [0.15, 0.2) is 6.39 Å². The summed E-state index contributed by atoms with van der Waals surface area (Å²) in [7, 11) is 0. The number of fused-ring (bicyclic) bond motifs is 1. The minimum atomic E-state index is -0.262. The third-order valence-corrected chi connectivity index (χ3v) is 3.55. The molecule has 0 aliphatic carbocycles. The first-order chi connectivity index (χ1) is 11.1. The van der Waals surface area contributed by atoms with E-state index >= 15 is 0 Å². The summed E-state index contributed by atoms with van der Waals surface area (Å²) in [5.41, 5.74) is 2.24. The van der Waals surface area contributed by atoms with Crippen LogP contribution in [0.1, 0.15) is 23.6 Å². The van der Waals surface area contributed by atoms with Crippen molar-refractivity contribution in [3.05, 3.63) is 58.2 Å². The molecule has 2 aromatic heterocycles. The Bertz CT molecular complexity index is 897. The van der Waals surface area contributed by atoms with Crippen LogP contribution in [0.5, 0.6) is 0 Å². The summed E-state index contributed by atoms with van der Waals surface area (Å²) >= 11 is 0. The number of rotatable bonds is 5. The molecule has 2 N–H and O–H groups in total. The molecule has 0 bridgehead atoms. The van der Waals surface area contributed by atoms with Crippen LogP contribution < -0.4 is 10.9 Å². The number of aromatic nitrogens is 3. The average molecular weight is 312 g/mol. The van der Waals surface area contributed by atoms with Gasteiger partial charge < -0.3 is 14.7 Å². The number of carbonyl (C=O) groups is 1. The van der Waals surface area contributed by atoms with Crippen LogP contribution >= 0.6 is 0 Å². The first-order valence-electron chi connectivity index (χ1n) is 7.27. The van der Waals surface area contributed by atoms with Gasteiger partial charge in [-0.3, -0.25) is 9.59 Å². The Kier molecular flexibility index (Phi) is 4.18. The molecule has 118 valence electrons. The normalized spacial score (nSPS) is 10.8. The molecule has 23 heavy (non-hydrogen) atoms. The lowest BCUT2D eigenvalue weighted by Gasteiger charge is -2.04. The molecule has 0 atom stereocenters. The lowest BCUT2D eigenvalue weighted by molar-refractivity contribution is -0.121. The number of hydrogen-bond acceptors (Lipinski definition) is 5. The van der Waals surface area contributed by atoms with Crippen LogP contribution in [0.2, 0.25) is 0 Å². The number of carbonyl (C=O) groups excluding carboxylic acids is 1. The predicted octanol–water partition coefficient (Wildman–Crippen LogP) is 1.47. The van der Waals surface area contributed by atoms with Crippen molar-refractivity contribution in [2.24, 2.45) is 0 Å². The van der Waals surface area contributed by atoms with Gasteiger partial charge in [-0.15, -0.1) is 0 Å². The molecule has 0 spiro atoms. The highest BCUT2D eigenvalue weighted by Gasteiger charge is 2.09. The van der Waals surface area contributed by atoms with E-state index in [4.69, 9.17) is 4.42 Å².